The fraction of sp³-hybridized carbons (Fsp3) is 0.500. The molecule has 0 amide bonds. The second-order valence-corrected chi connectivity index (χ2v) is 4.51. The van der Waals surface area contributed by atoms with Crippen LogP contribution in [0.4, 0.5) is 0 Å². The van der Waals surface area contributed by atoms with Gasteiger partial charge >= 0.3 is 0 Å². The van der Waals surface area contributed by atoms with Crippen LogP contribution in [0.15, 0.2) is 18.5 Å². The van der Waals surface area contributed by atoms with Gasteiger partial charge in [-0.2, -0.15) is 0 Å². The smallest absolute Gasteiger partial charge is 0.112 e. The van der Waals surface area contributed by atoms with Crippen molar-refractivity contribution in [3.8, 4) is 0 Å². The Morgan fingerprint density at radius 2 is 2.29 bits per heavy atom. The molecule has 0 bridgehead atoms. The van der Waals surface area contributed by atoms with Crippen molar-refractivity contribution in [3.63, 3.8) is 0 Å². The SMILES string of the molecule is CCn1c(CC(C)(O)CN)nc2cnccc21. The normalized spacial score (nSPS) is 15.1. The molecule has 0 fully saturated rings. The van der Waals surface area contributed by atoms with Gasteiger partial charge in [0.15, 0.2) is 0 Å². The van der Waals surface area contributed by atoms with Crippen molar-refractivity contribution in [2.75, 3.05) is 6.54 Å². The molecule has 0 aromatic carbocycles. The van der Waals surface area contributed by atoms with E-state index in [4.69, 9.17) is 5.73 Å². The first-order chi connectivity index (χ1) is 8.07. The Morgan fingerprint density at radius 3 is 2.94 bits per heavy atom. The molecule has 0 aliphatic heterocycles. The van der Waals surface area contributed by atoms with Crippen LogP contribution in [0.25, 0.3) is 11.0 Å². The number of imidazole rings is 1. The summed E-state index contributed by atoms with van der Waals surface area (Å²) in [6, 6.07) is 1.94. The quantitative estimate of drug-likeness (QED) is 0.816. The van der Waals surface area contributed by atoms with Crippen molar-refractivity contribution in [2.24, 2.45) is 5.73 Å². The highest BCUT2D eigenvalue weighted by atomic mass is 16.3. The first-order valence-corrected chi connectivity index (χ1v) is 5.79. The van der Waals surface area contributed by atoms with E-state index >= 15 is 0 Å². The Hall–Kier alpha value is -1.46. The summed E-state index contributed by atoms with van der Waals surface area (Å²) in [6.45, 7) is 4.82. The Bertz CT molecular complexity index is 518. The standard InChI is InChI=1S/C12H18N4O/c1-3-16-10-4-5-14-7-9(10)15-11(16)6-12(2,17)8-13/h4-5,7,17H,3,6,8,13H2,1-2H3. The summed E-state index contributed by atoms with van der Waals surface area (Å²) >= 11 is 0. The van der Waals surface area contributed by atoms with Crippen LogP contribution in [0.3, 0.4) is 0 Å². The molecule has 2 aromatic heterocycles. The van der Waals surface area contributed by atoms with E-state index in [2.05, 4.69) is 21.5 Å². The van der Waals surface area contributed by atoms with Crippen LogP contribution in [-0.4, -0.2) is 31.8 Å². The zero-order valence-corrected chi connectivity index (χ0v) is 10.2. The summed E-state index contributed by atoms with van der Waals surface area (Å²) in [5.74, 6) is 0.853. The summed E-state index contributed by atoms with van der Waals surface area (Å²) < 4.78 is 2.08. The van der Waals surface area contributed by atoms with E-state index in [9.17, 15) is 5.11 Å². The molecule has 1 atom stereocenters. The van der Waals surface area contributed by atoms with E-state index < -0.39 is 5.60 Å². The average Bonchev–Trinajstić information content (AvgIpc) is 2.65. The minimum atomic E-state index is -0.915. The second-order valence-electron chi connectivity index (χ2n) is 4.51. The molecule has 0 radical (unpaired) electrons. The van der Waals surface area contributed by atoms with Crippen molar-refractivity contribution in [3.05, 3.63) is 24.3 Å². The van der Waals surface area contributed by atoms with Gasteiger partial charge in [-0.05, 0) is 19.9 Å². The first kappa shape index (κ1) is 12.0. The second kappa shape index (κ2) is 4.43. The van der Waals surface area contributed by atoms with Crippen LogP contribution < -0.4 is 5.73 Å². The largest absolute Gasteiger partial charge is 0.388 e. The van der Waals surface area contributed by atoms with E-state index in [-0.39, 0.29) is 6.54 Å². The molecule has 2 aromatic rings. The van der Waals surface area contributed by atoms with Crippen LogP contribution in [0.5, 0.6) is 0 Å². The molecular weight excluding hydrogens is 216 g/mol. The minimum Gasteiger partial charge on any atom is -0.388 e. The van der Waals surface area contributed by atoms with Gasteiger partial charge in [0, 0.05) is 25.7 Å². The molecule has 0 spiro atoms. The van der Waals surface area contributed by atoms with E-state index in [1.54, 1.807) is 19.3 Å². The molecule has 92 valence electrons. The highest BCUT2D eigenvalue weighted by Crippen LogP contribution is 2.18. The Balaban J connectivity index is 2.47. The molecule has 0 aliphatic rings. The van der Waals surface area contributed by atoms with Gasteiger partial charge in [-0.1, -0.05) is 0 Å². The van der Waals surface area contributed by atoms with Crippen molar-refractivity contribution < 1.29 is 5.11 Å². The van der Waals surface area contributed by atoms with E-state index in [1.807, 2.05) is 6.07 Å². The maximum absolute atomic E-state index is 10.0. The molecule has 5 nitrogen and oxygen atoms in total. The van der Waals surface area contributed by atoms with Gasteiger partial charge in [0.25, 0.3) is 0 Å². The fourth-order valence-electron chi connectivity index (χ4n) is 1.93. The Morgan fingerprint density at radius 1 is 1.53 bits per heavy atom. The number of nitrogens with two attached hydrogens (primary N) is 1. The van der Waals surface area contributed by atoms with Gasteiger partial charge in [-0.15, -0.1) is 0 Å². The van der Waals surface area contributed by atoms with Crippen molar-refractivity contribution in [2.45, 2.75) is 32.4 Å². The Kier molecular flexibility index (Phi) is 3.13. The summed E-state index contributed by atoms with van der Waals surface area (Å²) in [7, 11) is 0. The number of nitrogens with zero attached hydrogens (tertiary/aromatic N) is 3. The molecule has 17 heavy (non-hydrogen) atoms. The summed E-state index contributed by atoms with van der Waals surface area (Å²) in [6.07, 6.45) is 3.94. The van der Waals surface area contributed by atoms with E-state index in [0.29, 0.717) is 6.42 Å². The zero-order valence-electron chi connectivity index (χ0n) is 10.2. The minimum absolute atomic E-state index is 0.220. The third-order valence-electron chi connectivity index (χ3n) is 2.92. The number of fused-ring (bicyclic) bond motifs is 1. The monoisotopic (exact) mass is 234 g/mol. The number of hydrogen-bond donors (Lipinski definition) is 2. The molecule has 0 saturated heterocycles. The third-order valence-corrected chi connectivity index (χ3v) is 2.92. The molecule has 3 N–H and O–H groups in total. The van der Waals surface area contributed by atoms with Gasteiger partial charge in [0.05, 0.1) is 17.3 Å². The molecule has 2 heterocycles. The predicted molar refractivity (Wildman–Crippen MR) is 66.6 cm³/mol. The fourth-order valence-corrected chi connectivity index (χ4v) is 1.93. The van der Waals surface area contributed by atoms with Gasteiger partial charge in [0.1, 0.15) is 11.3 Å². The summed E-state index contributed by atoms with van der Waals surface area (Å²) in [5.41, 5.74) is 6.53. The van der Waals surface area contributed by atoms with Crippen molar-refractivity contribution in [1.29, 1.82) is 0 Å². The summed E-state index contributed by atoms with van der Waals surface area (Å²) in [4.78, 5) is 8.56. The topological polar surface area (TPSA) is 77.0 Å². The van der Waals surface area contributed by atoms with Gasteiger partial charge in [0.2, 0.25) is 0 Å². The molecule has 0 saturated carbocycles. The van der Waals surface area contributed by atoms with E-state index in [1.165, 1.54) is 0 Å². The average molecular weight is 234 g/mol. The van der Waals surface area contributed by atoms with Gasteiger partial charge in [-0.25, -0.2) is 4.98 Å². The number of aryl methyl sites for hydroxylation is 1. The number of hydrogen-bond acceptors (Lipinski definition) is 4. The molecular formula is C12H18N4O. The first-order valence-electron chi connectivity index (χ1n) is 5.79. The number of aromatic nitrogens is 3. The number of pyridine rings is 1. The van der Waals surface area contributed by atoms with Crippen molar-refractivity contribution in [1.82, 2.24) is 14.5 Å². The lowest BCUT2D eigenvalue weighted by atomic mass is 10.0. The van der Waals surface area contributed by atoms with Gasteiger partial charge in [-0.3, -0.25) is 4.98 Å². The van der Waals surface area contributed by atoms with Crippen molar-refractivity contribution >= 4 is 11.0 Å². The number of aliphatic hydroxyl groups is 1. The van der Waals surface area contributed by atoms with Crippen LogP contribution in [0.1, 0.15) is 19.7 Å². The summed E-state index contributed by atoms with van der Waals surface area (Å²) in [5, 5.41) is 10.0. The van der Waals surface area contributed by atoms with Crippen LogP contribution >= 0.6 is 0 Å². The molecule has 1 unspecified atom stereocenters. The maximum atomic E-state index is 10.0. The lowest BCUT2D eigenvalue weighted by Gasteiger charge is -2.20. The zero-order chi connectivity index (χ0) is 12.5. The lowest BCUT2D eigenvalue weighted by Crippen LogP contribution is -2.37. The highest BCUT2D eigenvalue weighted by molar-refractivity contribution is 5.74. The lowest BCUT2D eigenvalue weighted by molar-refractivity contribution is 0.0668. The molecule has 0 aliphatic carbocycles. The van der Waals surface area contributed by atoms with Gasteiger partial charge < -0.3 is 15.4 Å². The predicted octanol–water partition coefficient (Wildman–Crippen LogP) is 0.703. The Labute approximate surface area is 100 Å². The van der Waals surface area contributed by atoms with Crippen LogP contribution in [0.2, 0.25) is 0 Å². The van der Waals surface area contributed by atoms with Crippen LogP contribution in [-0.2, 0) is 13.0 Å². The maximum Gasteiger partial charge on any atom is 0.112 e. The van der Waals surface area contributed by atoms with Crippen LogP contribution in [0, 0.1) is 0 Å². The number of rotatable bonds is 4. The highest BCUT2D eigenvalue weighted by Gasteiger charge is 2.22. The molecule has 5 heteroatoms. The third kappa shape index (κ3) is 2.30. The van der Waals surface area contributed by atoms with E-state index in [0.717, 1.165) is 23.4 Å². The molecule has 2 rings (SSSR count).